The first kappa shape index (κ1) is 15.8. The average molecular weight is 308 g/mol. The van der Waals surface area contributed by atoms with Gasteiger partial charge in [-0.1, -0.05) is 43.3 Å². The Labute approximate surface area is 137 Å². The number of nitrogens with one attached hydrogen (secondary N) is 1. The molecule has 23 heavy (non-hydrogen) atoms. The van der Waals surface area contributed by atoms with E-state index in [2.05, 4.69) is 29.6 Å². The van der Waals surface area contributed by atoms with Crippen molar-refractivity contribution in [3.63, 3.8) is 0 Å². The van der Waals surface area contributed by atoms with Crippen LogP contribution in [0.5, 0.6) is 0 Å². The number of Topliss-reactive ketones (excluding diaryl/α,β-unsaturated/α-hetero) is 1. The van der Waals surface area contributed by atoms with Gasteiger partial charge in [-0.15, -0.1) is 0 Å². The zero-order valence-corrected chi connectivity index (χ0v) is 13.8. The average Bonchev–Trinajstić information content (AvgIpc) is 2.91. The monoisotopic (exact) mass is 308 g/mol. The summed E-state index contributed by atoms with van der Waals surface area (Å²) in [6.07, 6.45) is 1.53. The van der Waals surface area contributed by atoms with Crippen molar-refractivity contribution in [2.24, 2.45) is 17.6 Å². The second kappa shape index (κ2) is 6.55. The first-order valence-electron chi connectivity index (χ1n) is 8.24. The third kappa shape index (κ3) is 3.15. The molecule has 0 aromatic heterocycles. The van der Waals surface area contributed by atoms with Crippen molar-refractivity contribution >= 4 is 11.5 Å². The van der Waals surface area contributed by atoms with Crippen LogP contribution in [0.3, 0.4) is 0 Å². The number of hydrogen-bond acceptors (Lipinski definition) is 3. The highest BCUT2D eigenvalue weighted by atomic mass is 16.1. The molecular formula is C20H24N2O. The maximum Gasteiger partial charge on any atom is 0.141 e. The molecule has 0 bridgehead atoms. The zero-order valence-electron chi connectivity index (χ0n) is 13.8. The minimum atomic E-state index is -0.179. The topological polar surface area (TPSA) is 55.1 Å². The van der Waals surface area contributed by atoms with Gasteiger partial charge in [0, 0.05) is 30.6 Å². The lowest BCUT2D eigenvalue weighted by Gasteiger charge is -2.19. The molecular weight excluding hydrogens is 284 g/mol. The van der Waals surface area contributed by atoms with Crippen LogP contribution in [-0.2, 0) is 17.6 Å². The van der Waals surface area contributed by atoms with Crippen LogP contribution in [0.2, 0.25) is 0 Å². The van der Waals surface area contributed by atoms with Crippen molar-refractivity contribution in [2.75, 3.05) is 12.4 Å². The lowest BCUT2D eigenvalue weighted by molar-refractivity contribution is -0.126. The van der Waals surface area contributed by atoms with Gasteiger partial charge in [-0.3, -0.25) is 4.79 Å². The number of rotatable bonds is 5. The van der Waals surface area contributed by atoms with Gasteiger partial charge in [0.2, 0.25) is 0 Å². The smallest absolute Gasteiger partial charge is 0.141 e. The van der Waals surface area contributed by atoms with Crippen molar-refractivity contribution in [3.8, 4) is 0 Å². The highest BCUT2D eigenvalue weighted by Crippen LogP contribution is 2.37. The van der Waals surface area contributed by atoms with Gasteiger partial charge in [-0.2, -0.15) is 0 Å². The Morgan fingerprint density at radius 1 is 1.26 bits per heavy atom. The summed E-state index contributed by atoms with van der Waals surface area (Å²) in [4.78, 5) is 12.9. The minimum absolute atomic E-state index is 0.00784. The lowest BCUT2D eigenvalue weighted by Crippen LogP contribution is -2.30. The number of anilines is 1. The molecule has 0 heterocycles. The largest absolute Gasteiger partial charge is 0.388 e. The lowest BCUT2D eigenvalue weighted by atomic mass is 9.86. The maximum absolute atomic E-state index is 12.9. The number of nitrogens with two attached hydrogens (primary N) is 1. The first-order valence-corrected chi connectivity index (χ1v) is 8.24. The van der Waals surface area contributed by atoms with E-state index in [0.29, 0.717) is 0 Å². The molecule has 2 aromatic rings. The molecule has 0 radical (unpaired) electrons. The molecule has 3 atom stereocenters. The van der Waals surface area contributed by atoms with E-state index in [4.69, 9.17) is 5.73 Å². The van der Waals surface area contributed by atoms with E-state index in [0.717, 1.165) is 24.1 Å². The summed E-state index contributed by atoms with van der Waals surface area (Å²) in [6, 6.07) is 16.2. The molecule has 3 heteroatoms. The Morgan fingerprint density at radius 2 is 2.00 bits per heavy atom. The summed E-state index contributed by atoms with van der Waals surface area (Å²) >= 11 is 0. The van der Waals surface area contributed by atoms with Gasteiger partial charge in [0.15, 0.2) is 0 Å². The van der Waals surface area contributed by atoms with E-state index in [1.54, 1.807) is 0 Å². The quantitative estimate of drug-likeness (QED) is 0.890. The SMILES string of the molecule is CNc1ccc2c(c1)CC(C(=O)C(C)Cc1ccccc1)C2N. The summed E-state index contributed by atoms with van der Waals surface area (Å²) in [5.41, 5.74) is 11.0. The summed E-state index contributed by atoms with van der Waals surface area (Å²) < 4.78 is 0. The number of fused-ring (bicyclic) bond motifs is 1. The second-order valence-corrected chi connectivity index (χ2v) is 6.49. The minimum Gasteiger partial charge on any atom is -0.388 e. The maximum atomic E-state index is 12.9. The third-order valence-electron chi connectivity index (χ3n) is 4.90. The van der Waals surface area contributed by atoms with Gasteiger partial charge in [0.05, 0.1) is 0 Å². The Balaban J connectivity index is 1.73. The van der Waals surface area contributed by atoms with Gasteiger partial charge in [0.25, 0.3) is 0 Å². The summed E-state index contributed by atoms with van der Waals surface area (Å²) in [5, 5.41) is 3.15. The van der Waals surface area contributed by atoms with Gasteiger partial charge in [-0.05, 0) is 41.7 Å². The number of ketones is 1. The van der Waals surface area contributed by atoms with Gasteiger partial charge in [-0.25, -0.2) is 0 Å². The molecule has 120 valence electrons. The fraction of sp³-hybridized carbons (Fsp3) is 0.350. The van der Waals surface area contributed by atoms with Crippen LogP contribution in [0, 0.1) is 11.8 Å². The van der Waals surface area contributed by atoms with Crippen molar-refractivity contribution in [2.45, 2.75) is 25.8 Å². The Bertz CT molecular complexity index is 696. The molecule has 0 amide bonds. The highest BCUT2D eigenvalue weighted by molar-refractivity contribution is 5.85. The molecule has 0 spiro atoms. The van der Waals surface area contributed by atoms with Crippen molar-refractivity contribution < 1.29 is 4.79 Å². The van der Waals surface area contributed by atoms with Crippen molar-refractivity contribution in [1.82, 2.24) is 0 Å². The van der Waals surface area contributed by atoms with Gasteiger partial charge >= 0.3 is 0 Å². The van der Waals surface area contributed by atoms with Crippen LogP contribution in [0.25, 0.3) is 0 Å². The first-order chi connectivity index (χ1) is 11.1. The Morgan fingerprint density at radius 3 is 2.70 bits per heavy atom. The fourth-order valence-electron chi connectivity index (χ4n) is 3.56. The van der Waals surface area contributed by atoms with Crippen LogP contribution in [0.4, 0.5) is 5.69 Å². The van der Waals surface area contributed by atoms with E-state index >= 15 is 0 Å². The number of hydrogen-bond donors (Lipinski definition) is 2. The van der Waals surface area contributed by atoms with Crippen LogP contribution in [-0.4, -0.2) is 12.8 Å². The van der Waals surface area contributed by atoms with Crippen molar-refractivity contribution in [3.05, 3.63) is 65.2 Å². The molecule has 1 aliphatic rings. The number of benzene rings is 2. The normalized spacial score (nSPS) is 20.8. The predicted octanol–water partition coefficient (Wildman–Crippen LogP) is 3.35. The van der Waals surface area contributed by atoms with Crippen LogP contribution in [0.15, 0.2) is 48.5 Å². The Hall–Kier alpha value is -2.13. The number of carbonyl (C=O) groups is 1. The van der Waals surface area contributed by atoms with Crippen LogP contribution in [0.1, 0.15) is 29.7 Å². The highest BCUT2D eigenvalue weighted by Gasteiger charge is 2.36. The molecule has 3 N–H and O–H groups in total. The standard InChI is InChI=1S/C20H24N2O/c1-13(10-14-6-4-3-5-7-14)20(23)18-12-15-11-16(22-2)8-9-17(15)19(18)21/h3-9,11,13,18-19,22H,10,12,21H2,1-2H3. The molecule has 0 fully saturated rings. The molecule has 2 aromatic carbocycles. The summed E-state index contributed by atoms with van der Waals surface area (Å²) in [6.45, 7) is 2.02. The van der Waals surface area contributed by atoms with Gasteiger partial charge in [0.1, 0.15) is 5.78 Å². The molecule has 0 aliphatic heterocycles. The van der Waals surface area contributed by atoms with E-state index in [1.165, 1.54) is 11.1 Å². The summed E-state index contributed by atoms with van der Waals surface area (Å²) in [5.74, 6) is 0.172. The van der Waals surface area contributed by atoms with E-state index in [1.807, 2.05) is 38.2 Å². The Kier molecular flexibility index (Phi) is 4.49. The number of carbonyl (C=O) groups excluding carboxylic acids is 1. The van der Waals surface area contributed by atoms with E-state index in [9.17, 15) is 4.79 Å². The molecule has 0 saturated carbocycles. The van der Waals surface area contributed by atoms with Crippen molar-refractivity contribution in [1.29, 1.82) is 0 Å². The van der Waals surface area contributed by atoms with Crippen LogP contribution < -0.4 is 11.1 Å². The molecule has 0 saturated heterocycles. The zero-order chi connectivity index (χ0) is 16.4. The van der Waals surface area contributed by atoms with Crippen LogP contribution >= 0.6 is 0 Å². The third-order valence-corrected chi connectivity index (χ3v) is 4.90. The molecule has 3 nitrogen and oxygen atoms in total. The summed E-state index contributed by atoms with van der Waals surface area (Å²) in [7, 11) is 1.90. The van der Waals surface area contributed by atoms with Gasteiger partial charge < -0.3 is 11.1 Å². The molecule has 3 unspecified atom stereocenters. The fourth-order valence-corrected chi connectivity index (χ4v) is 3.56. The molecule has 3 rings (SSSR count). The molecule has 1 aliphatic carbocycles. The van der Waals surface area contributed by atoms with E-state index in [-0.39, 0.29) is 23.7 Å². The predicted molar refractivity (Wildman–Crippen MR) is 94.4 cm³/mol. The second-order valence-electron chi connectivity index (χ2n) is 6.49. The van der Waals surface area contributed by atoms with E-state index < -0.39 is 0 Å².